The molecule has 5 heterocycles. The summed E-state index contributed by atoms with van der Waals surface area (Å²) >= 11 is 0. The number of rotatable bonds is 5. The van der Waals surface area contributed by atoms with Crippen LogP contribution in [-0.2, 0) is 10.0 Å². The zero-order valence-corrected chi connectivity index (χ0v) is 19.7. The normalized spacial score (nSPS) is 20.4. The van der Waals surface area contributed by atoms with E-state index in [0.29, 0.717) is 54.6 Å². The number of aliphatic hydroxyl groups is 2. The number of fused-ring (bicyclic) bond motifs is 2. The summed E-state index contributed by atoms with van der Waals surface area (Å²) in [4.78, 5) is 10.2. The fourth-order valence-corrected chi connectivity index (χ4v) is 6.21. The molecule has 2 atom stereocenters. The number of para-hydroxylation sites is 1. The Labute approximate surface area is 201 Å². The highest BCUT2D eigenvalue weighted by Crippen LogP contribution is 2.36. The molecule has 0 saturated carbocycles. The number of aryl methyl sites for hydroxylation is 1. The van der Waals surface area contributed by atoms with E-state index >= 15 is 0 Å². The minimum absolute atomic E-state index is 0.0474. The summed E-state index contributed by atoms with van der Waals surface area (Å²) in [5.41, 5.74) is 3.38. The molecule has 0 saturated heterocycles. The van der Waals surface area contributed by atoms with Gasteiger partial charge in [0.15, 0.2) is 17.2 Å². The molecule has 12 heteroatoms. The van der Waals surface area contributed by atoms with Gasteiger partial charge in [0, 0.05) is 44.7 Å². The number of benzene rings is 1. The van der Waals surface area contributed by atoms with E-state index in [0.717, 1.165) is 11.1 Å². The van der Waals surface area contributed by atoms with Crippen molar-refractivity contribution >= 4 is 21.1 Å². The number of pyridine rings is 1. The average Bonchev–Trinajstić information content (AvgIpc) is 3.55. The number of ether oxygens (including phenoxy) is 2. The molecule has 0 spiro atoms. The lowest BCUT2D eigenvalue weighted by atomic mass is 10.1. The monoisotopic (exact) mass is 500 g/mol. The number of aromatic nitrogens is 2. The van der Waals surface area contributed by atoms with Gasteiger partial charge in [-0.05, 0) is 17.2 Å². The quantitative estimate of drug-likeness (QED) is 0.487. The van der Waals surface area contributed by atoms with Gasteiger partial charge in [0.05, 0.1) is 6.20 Å². The van der Waals surface area contributed by atoms with Crippen LogP contribution in [-0.4, -0.2) is 83.4 Å². The Bertz CT molecular complexity index is 1430. The maximum Gasteiger partial charge on any atom is 0.257 e. The third-order valence-electron chi connectivity index (χ3n) is 6.57. The van der Waals surface area contributed by atoms with E-state index in [1.165, 1.54) is 16.6 Å². The van der Waals surface area contributed by atoms with E-state index in [1.54, 1.807) is 30.0 Å². The Morgan fingerprint density at radius 2 is 1.80 bits per heavy atom. The first-order chi connectivity index (χ1) is 16.8. The molecule has 2 aromatic heterocycles. The van der Waals surface area contributed by atoms with E-state index in [4.69, 9.17) is 13.9 Å². The summed E-state index contributed by atoms with van der Waals surface area (Å²) < 4.78 is 44.2. The Morgan fingerprint density at radius 1 is 1.06 bits per heavy atom. The van der Waals surface area contributed by atoms with Crippen molar-refractivity contribution in [3.8, 4) is 11.6 Å². The molecular formula is C23H24N4O7S. The zero-order chi connectivity index (χ0) is 24.3. The maximum absolute atomic E-state index is 13.2. The minimum Gasteiger partial charge on any atom is -0.484 e. The lowest BCUT2D eigenvalue weighted by molar-refractivity contribution is -0.0744. The first kappa shape index (κ1) is 22.4. The molecule has 2 unspecified atom stereocenters. The number of hydrogen-bond donors (Lipinski definition) is 2. The van der Waals surface area contributed by atoms with E-state index in [9.17, 15) is 18.6 Å². The number of aliphatic hydroxyl groups excluding tert-OH is 2. The van der Waals surface area contributed by atoms with Crippen LogP contribution < -0.4 is 9.47 Å². The van der Waals surface area contributed by atoms with Crippen LogP contribution in [0.15, 0.2) is 50.9 Å². The van der Waals surface area contributed by atoms with Gasteiger partial charge in [0.2, 0.25) is 10.0 Å². The van der Waals surface area contributed by atoms with E-state index in [-0.39, 0.29) is 23.9 Å². The molecular weight excluding hydrogens is 476 g/mol. The zero-order valence-electron chi connectivity index (χ0n) is 18.9. The number of oxazole rings is 1. The third kappa shape index (κ3) is 3.78. The summed E-state index contributed by atoms with van der Waals surface area (Å²) in [7, 11) is -3.79. The SMILES string of the molecule is Cc1nc2c(C(O)C(O)N3CC4=C(C3)CN(S(=O)(=O)c3cnc5c(c3)OCCO5)C4)cccc2o1. The van der Waals surface area contributed by atoms with Gasteiger partial charge in [0.1, 0.15) is 36.0 Å². The topological polar surface area (TPSA) is 138 Å². The molecule has 11 nitrogen and oxygen atoms in total. The number of nitrogens with zero attached hydrogens (tertiary/aromatic N) is 4. The molecule has 3 aliphatic rings. The fourth-order valence-electron chi connectivity index (χ4n) is 4.82. The van der Waals surface area contributed by atoms with Gasteiger partial charge in [-0.2, -0.15) is 4.31 Å². The molecule has 184 valence electrons. The third-order valence-corrected chi connectivity index (χ3v) is 8.32. The highest BCUT2D eigenvalue weighted by molar-refractivity contribution is 7.89. The van der Waals surface area contributed by atoms with Crippen LogP contribution in [0.5, 0.6) is 11.6 Å². The van der Waals surface area contributed by atoms with Crippen molar-refractivity contribution in [2.45, 2.75) is 24.2 Å². The van der Waals surface area contributed by atoms with Crippen LogP contribution in [0, 0.1) is 6.92 Å². The molecule has 0 amide bonds. The summed E-state index contributed by atoms with van der Waals surface area (Å²) in [5, 5.41) is 21.9. The van der Waals surface area contributed by atoms with Crippen LogP contribution in [0.4, 0.5) is 0 Å². The molecule has 0 aliphatic carbocycles. The second-order valence-corrected chi connectivity index (χ2v) is 10.8. The molecule has 3 aliphatic heterocycles. The maximum atomic E-state index is 13.2. The second kappa shape index (κ2) is 8.28. The first-order valence-corrected chi connectivity index (χ1v) is 12.7. The largest absolute Gasteiger partial charge is 0.484 e. The first-order valence-electron chi connectivity index (χ1n) is 11.2. The molecule has 0 radical (unpaired) electrons. The van der Waals surface area contributed by atoms with E-state index in [1.807, 2.05) is 0 Å². The van der Waals surface area contributed by atoms with Crippen LogP contribution in [0.25, 0.3) is 11.1 Å². The van der Waals surface area contributed by atoms with Crippen LogP contribution in [0.2, 0.25) is 0 Å². The lowest BCUT2D eigenvalue weighted by Gasteiger charge is -2.29. The van der Waals surface area contributed by atoms with Crippen LogP contribution >= 0.6 is 0 Å². The Kier molecular flexibility index (Phi) is 5.31. The van der Waals surface area contributed by atoms with Crippen LogP contribution in [0.1, 0.15) is 17.6 Å². The molecule has 1 aromatic carbocycles. The summed E-state index contributed by atoms with van der Waals surface area (Å²) in [6, 6.07) is 6.66. The summed E-state index contributed by atoms with van der Waals surface area (Å²) in [5.74, 6) is 1.08. The summed E-state index contributed by atoms with van der Waals surface area (Å²) in [6.07, 6.45) is -1.10. The van der Waals surface area contributed by atoms with Crippen molar-refractivity contribution < 1.29 is 32.5 Å². The molecule has 3 aromatic rings. The van der Waals surface area contributed by atoms with Gasteiger partial charge in [-0.3, -0.25) is 4.90 Å². The predicted molar refractivity (Wildman–Crippen MR) is 122 cm³/mol. The van der Waals surface area contributed by atoms with Crippen LogP contribution in [0.3, 0.4) is 0 Å². The van der Waals surface area contributed by atoms with Crippen molar-refractivity contribution in [2.24, 2.45) is 0 Å². The van der Waals surface area contributed by atoms with Gasteiger partial charge in [-0.1, -0.05) is 12.1 Å². The molecule has 2 N–H and O–H groups in total. The van der Waals surface area contributed by atoms with E-state index in [2.05, 4.69) is 9.97 Å². The fraction of sp³-hybridized carbons (Fsp3) is 0.391. The van der Waals surface area contributed by atoms with Gasteiger partial charge >= 0.3 is 0 Å². The van der Waals surface area contributed by atoms with E-state index < -0.39 is 22.4 Å². The predicted octanol–water partition coefficient (Wildman–Crippen LogP) is 0.971. The van der Waals surface area contributed by atoms with Gasteiger partial charge in [0.25, 0.3) is 5.88 Å². The molecule has 35 heavy (non-hydrogen) atoms. The number of hydrogen-bond acceptors (Lipinski definition) is 10. The molecule has 0 bridgehead atoms. The van der Waals surface area contributed by atoms with Gasteiger partial charge in [-0.15, -0.1) is 0 Å². The Morgan fingerprint density at radius 3 is 2.57 bits per heavy atom. The second-order valence-electron chi connectivity index (χ2n) is 8.84. The minimum atomic E-state index is -3.79. The smallest absolute Gasteiger partial charge is 0.257 e. The van der Waals surface area contributed by atoms with Crippen molar-refractivity contribution in [1.82, 2.24) is 19.2 Å². The molecule has 0 fully saturated rings. The standard InChI is InChI=1S/C23H24N4O7S/c1-13-25-20-17(3-2-4-18(20)34-13)21(28)23(29)26-9-14-11-27(12-15(14)10-26)35(30,31)16-7-19-22(24-8-16)33-6-5-32-19/h2-4,7-8,21,23,28-29H,5-6,9-12H2,1H3. The van der Waals surface area contributed by atoms with Crippen molar-refractivity contribution in [1.29, 1.82) is 0 Å². The summed E-state index contributed by atoms with van der Waals surface area (Å²) in [6.45, 7) is 3.57. The highest BCUT2D eigenvalue weighted by atomic mass is 32.2. The van der Waals surface area contributed by atoms with Crippen molar-refractivity contribution in [2.75, 3.05) is 39.4 Å². The Balaban J connectivity index is 1.15. The Hall–Kier alpha value is -3.03. The number of sulfonamides is 1. The molecule has 6 rings (SSSR count). The van der Waals surface area contributed by atoms with Crippen molar-refractivity contribution in [3.63, 3.8) is 0 Å². The van der Waals surface area contributed by atoms with Crippen molar-refractivity contribution in [3.05, 3.63) is 53.1 Å². The average molecular weight is 501 g/mol. The van der Waals surface area contributed by atoms with Gasteiger partial charge < -0.3 is 24.1 Å². The highest BCUT2D eigenvalue weighted by Gasteiger charge is 2.40. The van der Waals surface area contributed by atoms with Gasteiger partial charge in [-0.25, -0.2) is 18.4 Å². The lowest BCUT2D eigenvalue weighted by Crippen LogP contribution is -2.41.